The zero-order valence-corrected chi connectivity index (χ0v) is 17.0. The molecular weight excluding hydrogens is 388 g/mol. The summed E-state index contributed by atoms with van der Waals surface area (Å²) in [6, 6.07) is 20.4. The molecule has 0 fully saturated rings. The fraction of sp³-hybridized carbons (Fsp3) is 0.136. The lowest BCUT2D eigenvalue weighted by Crippen LogP contribution is -2.20. The Balaban J connectivity index is 1.58. The number of nitrogens with one attached hydrogen (secondary N) is 2. The van der Waals surface area contributed by atoms with Crippen molar-refractivity contribution in [1.82, 2.24) is 0 Å². The molecule has 2 N–H and O–H groups in total. The van der Waals surface area contributed by atoms with E-state index in [9.17, 15) is 13.2 Å². The largest absolute Gasteiger partial charge is 0.484 e. The lowest BCUT2D eigenvalue weighted by atomic mass is 10.2. The highest BCUT2D eigenvalue weighted by atomic mass is 32.2. The first kappa shape index (κ1) is 20.4. The molecule has 0 bridgehead atoms. The smallest absolute Gasteiger partial charge is 0.262 e. The Morgan fingerprint density at radius 1 is 0.862 bits per heavy atom. The Morgan fingerprint density at radius 2 is 1.55 bits per heavy atom. The first-order valence-corrected chi connectivity index (χ1v) is 10.5. The molecular formula is C22H22N2O4S. The van der Waals surface area contributed by atoms with Crippen LogP contribution in [-0.4, -0.2) is 20.9 Å². The summed E-state index contributed by atoms with van der Waals surface area (Å²) in [5, 5.41) is 2.68. The molecule has 0 saturated heterocycles. The van der Waals surface area contributed by atoms with Gasteiger partial charge < -0.3 is 10.1 Å². The molecule has 29 heavy (non-hydrogen) atoms. The third kappa shape index (κ3) is 5.83. The molecule has 150 valence electrons. The van der Waals surface area contributed by atoms with Crippen LogP contribution in [0.2, 0.25) is 0 Å². The van der Waals surface area contributed by atoms with E-state index in [-0.39, 0.29) is 17.4 Å². The Morgan fingerprint density at radius 3 is 2.21 bits per heavy atom. The highest BCUT2D eigenvalue weighted by Crippen LogP contribution is 2.19. The van der Waals surface area contributed by atoms with Crippen LogP contribution in [0.15, 0.2) is 77.7 Å². The van der Waals surface area contributed by atoms with Gasteiger partial charge in [0.1, 0.15) is 5.75 Å². The van der Waals surface area contributed by atoms with E-state index >= 15 is 0 Å². The maximum absolute atomic E-state index is 12.5. The van der Waals surface area contributed by atoms with E-state index in [1.165, 1.54) is 24.3 Å². The third-order valence-electron chi connectivity index (χ3n) is 4.11. The summed E-state index contributed by atoms with van der Waals surface area (Å²) in [5.74, 6) is 0.272. The highest BCUT2D eigenvalue weighted by molar-refractivity contribution is 7.92. The number of anilines is 2. The number of sulfonamides is 1. The second-order valence-corrected chi connectivity index (χ2v) is 8.33. The predicted molar refractivity (Wildman–Crippen MR) is 114 cm³/mol. The van der Waals surface area contributed by atoms with Gasteiger partial charge >= 0.3 is 0 Å². The van der Waals surface area contributed by atoms with Crippen molar-refractivity contribution in [3.05, 3.63) is 83.9 Å². The molecule has 1 amide bonds. The summed E-state index contributed by atoms with van der Waals surface area (Å²) in [6.07, 6.45) is 0. The van der Waals surface area contributed by atoms with E-state index in [1.54, 1.807) is 30.3 Å². The van der Waals surface area contributed by atoms with Crippen LogP contribution in [0.3, 0.4) is 0 Å². The molecule has 0 unspecified atom stereocenters. The first-order chi connectivity index (χ1) is 13.8. The number of rotatable bonds is 7. The van der Waals surface area contributed by atoms with E-state index in [4.69, 9.17) is 4.74 Å². The van der Waals surface area contributed by atoms with E-state index in [1.807, 2.05) is 32.0 Å². The average molecular weight is 410 g/mol. The Kier molecular flexibility index (Phi) is 6.19. The van der Waals surface area contributed by atoms with Crippen molar-refractivity contribution in [2.24, 2.45) is 0 Å². The molecule has 6 nitrogen and oxygen atoms in total. The van der Waals surface area contributed by atoms with Crippen molar-refractivity contribution in [3.63, 3.8) is 0 Å². The number of amides is 1. The standard InChI is InChI=1S/C22H22N2O4S/c1-16-6-10-20(11-7-16)28-15-22(25)23-18-8-12-21(13-9-18)29(26,27)24-19-5-3-4-17(2)14-19/h3-14,24H,15H2,1-2H3,(H,23,25). The number of aryl methyl sites for hydroxylation is 2. The van der Waals surface area contributed by atoms with Crippen molar-refractivity contribution in [3.8, 4) is 5.75 Å². The maximum Gasteiger partial charge on any atom is 0.262 e. The number of carbonyl (C=O) groups excluding carboxylic acids is 1. The molecule has 0 aliphatic heterocycles. The number of carbonyl (C=O) groups is 1. The fourth-order valence-electron chi connectivity index (χ4n) is 2.62. The van der Waals surface area contributed by atoms with Crippen LogP contribution in [0, 0.1) is 13.8 Å². The summed E-state index contributed by atoms with van der Waals surface area (Å²) >= 11 is 0. The van der Waals surface area contributed by atoms with Gasteiger partial charge in [-0.15, -0.1) is 0 Å². The zero-order chi connectivity index (χ0) is 20.9. The monoisotopic (exact) mass is 410 g/mol. The minimum Gasteiger partial charge on any atom is -0.484 e. The minimum absolute atomic E-state index is 0.105. The third-order valence-corrected chi connectivity index (χ3v) is 5.51. The Bertz CT molecular complexity index is 1090. The number of hydrogen-bond donors (Lipinski definition) is 2. The van der Waals surface area contributed by atoms with Gasteiger partial charge in [-0.1, -0.05) is 29.8 Å². The molecule has 0 heterocycles. The normalized spacial score (nSPS) is 11.0. The zero-order valence-electron chi connectivity index (χ0n) is 16.2. The second-order valence-electron chi connectivity index (χ2n) is 6.65. The number of hydrogen-bond acceptors (Lipinski definition) is 4. The highest BCUT2D eigenvalue weighted by Gasteiger charge is 2.14. The van der Waals surface area contributed by atoms with Gasteiger partial charge in [-0.25, -0.2) is 8.42 Å². The van der Waals surface area contributed by atoms with Crippen molar-refractivity contribution in [2.45, 2.75) is 18.7 Å². The molecule has 3 aromatic rings. The van der Waals surface area contributed by atoms with Crippen LogP contribution in [0.1, 0.15) is 11.1 Å². The summed E-state index contributed by atoms with van der Waals surface area (Å²) in [6.45, 7) is 3.71. The van der Waals surface area contributed by atoms with Crippen molar-refractivity contribution >= 4 is 27.3 Å². The van der Waals surface area contributed by atoms with Gasteiger partial charge in [-0.2, -0.15) is 0 Å². The molecule has 3 rings (SSSR count). The number of ether oxygens (including phenoxy) is 1. The van der Waals surface area contributed by atoms with Gasteiger partial charge in [0.2, 0.25) is 0 Å². The van der Waals surface area contributed by atoms with Gasteiger partial charge in [-0.3, -0.25) is 9.52 Å². The van der Waals surface area contributed by atoms with Crippen LogP contribution in [0.5, 0.6) is 5.75 Å². The minimum atomic E-state index is -3.71. The summed E-state index contributed by atoms with van der Waals surface area (Å²) in [5.41, 5.74) is 3.04. The van der Waals surface area contributed by atoms with Gasteiger partial charge in [0, 0.05) is 11.4 Å². The molecule has 0 saturated carbocycles. The van der Waals surface area contributed by atoms with Crippen LogP contribution >= 0.6 is 0 Å². The molecule has 0 aliphatic rings. The Hall–Kier alpha value is -3.32. The summed E-state index contributed by atoms with van der Waals surface area (Å²) in [4.78, 5) is 12.1. The van der Waals surface area contributed by atoms with Crippen LogP contribution in [-0.2, 0) is 14.8 Å². The van der Waals surface area contributed by atoms with Gasteiger partial charge in [-0.05, 0) is 67.9 Å². The van der Waals surface area contributed by atoms with Gasteiger partial charge in [0.05, 0.1) is 4.90 Å². The molecule has 0 aliphatic carbocycles. The SMILES string of the molecule is Cc1ccc(OCC(=O)Nc2ccc(S(=O)(=O)Nc3cccc(C)c3)cc2)cc1. The maximum atomic E-state index is 12.5. The lowest BCUT2D eigenvalue weighted by molar-refractivity contribution is -0.118. The first-order valence-electron chi connectivity index (χ1n) is 9.01. The van der Waals surface area contributed by atoms with E-state index in [2.05, 4.69) is 10.0 Å². The van der Waals surface area contributed by atoms with Crippen LogP contribution in [0.25, 0.3) is 0 Å². The number of benzene rings is 3. The van der Waals surface area contributed by atoms with Gasteiger partial charge in [0.25, 0.3) is 15.9 Å². The van der Waals surface area contributed by atoms with Gasteiger partial charge in [0.15, 0.2) is 6.61 Å². The Labute approximate surface area is 170 Å². The molecule has 0 atom stereocenters. The molecule has 3 aromatic carbocycles. The topological polar surface area (TPSA) is 84.5 Å². The second kappa shape index (κ2) is 8.79. The molecule has 0 radical (unpaired) electrons. The summed E-state index contributed by atoms with van der Waals surface area (Å²) in [7, 11) is -3.71. The quantitative estimate of drug-likeness (QED) is 0.614. The van der Waals surface area contributed by atoms with Crippen molar-refractivity contribution in [1.29, 1.82) is 0 Å². The fourth-order valence-corrected chi connectivity index (χ4v) is 3.67. The van der Waals surface area contributed by atoms with E-state index in [0.29, 0.717) is 17.1 Å². The van der Waals surface area contributed by atoms with Crippen LogP contribution in [0.4, 0.5) is 11.4 Å². The molecule has 0 spiro atoms. The van der Waals surface area contributed by atoms with Crippen molar-refractivity contribution in [2.75, 3.05) is 16.6 Å². The summed E-state index contributed by atoms with van der Waals surface area (Å²) < 4.78 is 33.0. The van der Waals surface area contributed by atoms with E-state index < -0.39 is 10.0 Å². The molecule has 7 heteroatoms. The van der Waals surface area contributed by atoms with Crippen LogP contribution < -0.4 is 14.8 Å². The van der Waals surface area contributed by atoms with E-state index in [0.717, 1.165) is 11.1 Å². The van der Waals surface area contributed by atoms with Crippen molar-refractivity contribution < 1.29 is 17.9 Å². The average Bonchev–Trinajstić information content (AvgIpc) is 2.68. The predicted octanol–water partition coefficient (Wildman–Crippen LogP) is 4.12. The molecule has 0 aromatic heterocycles. The lowest BCUT2D eigenvalue weighted by Gasteiger charge is -2.10.